The zero-order valence-electron chi connectivity index (χ0n) is 12.8. The maximum atomic E-state index is 12.1. The van der Waals surface area contributed by atoms with E-state index in [-0.39, 0.29) is 12.2 Å². The summed E-state index contributed by atoms with van der Waals surface area (Å²) in [7, 11) is 1.28. The van der Waals surface area contributed by atoms with Crippen LogP contribution in [0.2, 0.25) is 5.02 Å². The molecule has 0 saturated carbocycles. The largest absolute Gasteiger partial charge is 0.489 e. The van der Waals surface area contributed by atoms with Crippen molar-refractivity contribution in [3.63, 3.8) is 0 Å². The average Bonchev–Trinajstić information content (AvgIpc) is 2.52. The SMILES string of the molecule is C=CCOc1ccc(Cl)cc1C1NC(=O)NC(C)=C1C(=O)OC. The molecule has 2 rings (SSSR count). The first-order chi connectivity index (χ1) is 11.0. The summed E-state index contributed by atoms with van der Waals surface area (Å²) in [6.45, 7) is 5.52. The number of amides is 2. The van der Waals surface area contributed by atoms with Gasteiger partial charge in [-0.15, -0.1) is 0 Å². The number of benzene rings is 1. The highest BCUT2D eigenvalue weighted by molar-refractivity contribution is 6.30. The van der Waals surface area contributed by atoms with E-state index in [9.17, 15) is 9.59 Å². The van der Waals surface area contributed by atoms with Gasteiger partial charge in [-0.2, -0.15) is 0 Å². The number of carbonyl (C=O) groups excluding carboxylic acids is 2. The van der Waals surface area contributed by atoms with Crippen LogP contribution in [0.15, 0.2) is 42.1 Å². The first-order valence-electron chi connectivity index (χ1n) is 6.87. The topological polar surface area (TPSA) is 76.7 Å². The van der Waals surface area contributed by atoms with Crippen molar-refractivity contribution in [1.82, 2.24) is 10.6 Å². The number of ether oxygens (including phenoxy) is 2. The number of urea groups is 1. The lowest BCUT2D eigenvalue weighted by atomic mass is 9.95. The molecule has 1 aromatic carbocycles. The fourth-order valence-corrected chi connectivity index (χ4v) is 2.51. The first kappa shape index (κ1) is 16.9. The molecule has 1 unspecified atom stereocenters. The molecule has 1 heterocycles. The van der Waals surface area contributed by atoms with Crippen molar-refractivity contribution in [3.05, 3.63) is 52.7 Å². The van der Waals surface area contributed by atoms with Gasteiger partial charge in [-0.05, 0) is 25.1 Å². The lowest BCUT2D eigenvalue weighted by Gasteiger charge is -2.29. The summed E-state index contributed by atoms with van der Waals surface area (Å²) in [5.74, 6) is -0.0506. The van der Waals surface area contributed by atoms with Gasteiger partial charge in [0.15, 0.2) is 0 Å². The van der Waals surface area contributed by atoms with E-state index in [2.05, 4.69) is 17.2 Å². The highest BCUT2D eigenvalue weighted by atomic mass is 35.5. The summed E-state index contributed by atoms with van der Waals surface area (Å²) >= 11 is 6.07. The number of methoxy groups -OCH3 is 1. The lowest BCUT2D eigenvalue weighted by Crippen LogP contribution is -2.45. The molecule has 0 aromatic heterocycles. The van der Waals surface area contributed by atoms with E-state index in [1.807, 2.05) is 0 Å². The third-order valence-electron chi connectivity index (χ3n) is 3.31. The molecule has 122 valence electrons. The number of esters is 1. The summed E-state index contributed by atoms with van der Waals surface area (Å²) < 4.78 is 10.4. The average molecular weight is 337 g/mol. The number of halogens is 1. The quantitative estimate of drug-likeness (QED) is 0.640. The molecule has 6 nitrogen and oxygen atoms in total. The predicted molar refractivity (Wildman–Crippen MR) is 86.3 cm³/mol. The van der Waals surface area contributed by atoms with Gasteiger partial charge >= 0.3 is 12.0 Å². The van der Waals surface area contributed by atoms with Gasteiger partial charge in [-0.1, -0.05) is 24.3 Å². The van der Waals surface area contributed by atoms with Crippen LogP contribution in [-0.4, -0.2) is 25.7 Å². The second-order valence-corrected chi connectivity index (χ2v) is 5.28. The van der Waals surface area contributed by atoms with E-state index in [0.717, 1.165) is 0 Å². The zero-order chi connectivity index (χ0) is 17.0. The van der Waals surface area contributed by atoms with Gasteiger partial charge in [0.2, 0.25) is 0 Å². The Balaban J connectivity index is 2.54. The Morgan fingerprint density at radius 1 is 1.48 bits per heavy atom. The van der Waals surface area contributed by atoms with Crippen molar-refractivity contribution in [2.75, 3.05) is 13.7 Å². The van der Waals surface area contributed by atoms with Gasteiger partial charge in [-0.25, -0.2) is 9.59 Å². The number of rotatable bonds is 5. The lowest BCUT2D eigenvalue weighted by molar-refractivity contribution is -0.136. The Labute approximate surface area is 139 Å². The fraction of sp³-hybridized carbons (Fsp3) is 0.250. The minimum Gasteiger partial charge on any atom is -0.489 e. The minimum atomic E-state index is -0.727. The van der Waals surface area contributed by atoms with Crippen molar-refractivity contribution < 1.29 is 19.1 Å². The molecule has 1 aliphatic heterocycles. The summed E-state index contributed by atoms with van der Waals surface area (Å²) in [6.07, 6.45) is 1.60. The number of hydrogen-bond donors (Lipinski definition) is 2. The summed E-state index contributed by atoms with van der Waals surface area (Å²) in [5, 5.41) is 5.72. The smallest absolute Gasteiger partial charge is 0.337 e. The van der Waals surface area contributed by atoms with Crippen molar-refractivity contribution in [2.24, 2.45) is 0 Å². The molecule has 0 fully saturated rings. The molecule has 0 radical (unpaired) electrons. The van der Waals surface area contributed by atoms with Crippen LogP contribution in [0, 0.1) is 0 Å². The number of hydrogen-bond acceptors (Lipinski definition) is 4. The van der Waals surface area contributed by atoms with Gasteiger partial charge in [0.1, 0.15) is 12.4 Å². The second-order valence-electron chi connectivity index (χ2n) is 4.84. The van der Waals surface area contributed by atoms with E-state index < -0.39 is 18.0 Å². The normalized spacial score (nSPS) is 17.2. The summed E-state index contributed by atoms with van der Waals surface area (Å²) in [6, 6.07) is 3.84. The van der Waals surface area contributed by atoms with E-state index >= 15 is 0 Å². The second kappa shape index (κ2) is 7.19. The van der Waals surface area contributed by atoms with Gasteiger partial charge in [0.05, 0.1) is 18.7 Å². The number of nitrogens with one attached hydrogen (secondary N) is 2. The van der Waals surface area contributed by atoms with Gasteiger partial charge < -0.3 is 20.1 Å². The van der Waals surface area contributed by atoms with Crippen LogP contribution in [0.5, 0.6) is 5.75 Å². The Bertz CT molecular complexity index is 685. The molecule has 1 atom stereocenters. The molecule has 7 heteroatoms. The van der Waals surface area contributed by atoms with Crippen LogP contribution in [0.3, 0.4) is 0 Å². The van der Waals surface area contributed by atoms with Gasteiger partial charge in [0.25, 0.3) is 0 Å². The molecule has 1 aliphatic rings. The molecular formula is C16H17ClN2O4. The van der Waals surface area contributed by atoms with Crippen molar-refractivity contribution in [2.45, 2.75) is 13.0 Å². The van der Waals surface area contributed by atoms with Crippen molar-refractivity contribution in [1.29, 1.82) is 0 Å². The Morgan fingerprint density at radius 2 is 2.22 bits per heavy atom. The zero-order valence-corrected chi connectivity index (χ0v) is 13.6. The maximum Gasteiger partial charge on any atom is 0.337 e. The number of carbonyl (C=O) groups is 2. The minimum absolute atomic E-state index is 0.282. The monoisotopic (exact) mass is 336 g/mol. The number of allylic oxidation sites excluding steroid dienone is 1. The van der Waals surface area contributed by atoms with E-state index in [1.165, 1.54) is 7.11 Å². The Morgan fingerprint density at radius 3 is 2.87 bits per heavy atom. The van der Waals surface area contributed by atoms with E-state index in [1.54, 1.807) is 31.2 Å². The van der Waals surface area contributed by atoms with Gasteiger partial charge in [0, 0.05) is 16.3 Å². The van der Waals surface area contributed by atoms with E-state index in [0.29, 0.717) is 22.0 Å². The van der Waals surface area contributed by atoms with Crippen LogP contribution in [0.25, 0.3) is 0 Å². The third kappa shape index (κ3) is 3.65. The van der Waals surface area contributed by atoms with Crippen molar-refractivity contribution >= 4 is 23.6 Å². The Kier molecular flexibility index (Phi) is 5.28. The molecule has 2 amide bonds. The fourth-order valence-electron chi connectivity index (χ4n) is 2.33. The summed E-state index contributed by atoms with van der Waals surface area (Å²) in [4.78, 5) is 23.9. The van der Waals surface area contributed by atoms with Crippen molar-refractivity contribution in [3.8, 4) is 5.75 Å². The molecule has 2 N–H and O–H groups in total. The molecular weight excluding hydrogens is 320 g/mol. The Hall–Kier alpha value is -2.47. The molecule has 0 saturated heterocycles. The van der Waals surface area contributed by atoms with E-state index in [4.69, 9.17) is 21.1 Å². The molecule has 0 bridgehead atoms. The highest BCUT2D eigenvalue weighted by Gasteiger charge is 2.33. The summed E-state index contributed by atoms with van der Waals surface area (Å²) in [5.41, 5.74) is 1.27. The van der Waals surface area contributed by atoms with Crippen LogP contribution in [-0.2, 0) is 9.53 Å². The molecule has 23 heavy (non-hydrogen) atoms. The third-order valence-corrected chi connectivity index (χ3v) is 3.55. The standard InChI is InChI=1S/C16H17ClN2O4/c1-4-7-23-12-6-5-10(17)8-11(12)14-13(15(20)22-3)9(2)18-16(21)19-14/h4-6,8,14H,1,7H2,2-3H3,(H2,18,19,21). The maximum absolute atomic E-state index is 12.1. The molecule has 0 spiro atoms. The van der Waals surface area contributed by atoms with Gasteiger partial charge in [-0.3, -0.25) is 0 Å². The van der Waals surface area contributed by atoms with Crippen LogP contribution < -0.4 is 15.4 Å². The first-order valence-corrected chi connectivity index (χ1v) is 7.25. The molecule has 0 aliphatic carbocycles. The van der Waals surface area contributed by atoms with Crippen LogP contribution in [0.4, 0.5) is 4.79 Å². The highest BCUT2D eigenvalue weighted by Crippen LogP contribution is 2.35. The van der Waals surface area contributed by atoms with Crippen LogP contribution >= 0.6 is 11.6 Å². The van der Waals surface area contributed by atoms with Crippen LogP contribution in [0.1, 0.15) is 18.5 Å². The predicted octanol–water partition coefficient (Wildman–Crippen LogP) is 2.71. The molecule has 1 aromatic rings.